The number of nitrogens with one attached hydrogen (secondary N) is 1. The van der Waals surface area contributed by atoms with E-state index < -0.39 is 0 Å². The number of hydrogen-bond acceptors (Lipinski definition) is 4. The SMILES string of the molecule is COc1cc(N2CCCNCC2)cnc1Br. The van der Waals surface area contributed by atoms with Crippen molar-refractivity contribution in [3.05, 3.63) is 16.9 Å². The van der Waals surface area contributed by atoms with E-state index in [-0.39, 0.29) is 0 Å². The molecule has 0 unspecified atom stereocenters. The Morgan fingerprint density at radius 2 is 2.31 bits per heavy atom. The van der Waals surface area contributed by atoms with Crippen LogP contribution < -0.4 is 15.0 Å². The molecule has 0 amide bonds. The van der Waals surface area contributed by atoms with Crippen LogP contribution in [0.1, 0.15) is 6.42 Å². The van der Waals surface area contributed by atoms with Gasteiger partial charge < -0.3 is 15.0 Å². The van der Waals surface area contributed by atoms with Crippen molar-refractivity contribution in [3.63, 3.8) is 0 Å². The molecule has 1 aromatic rings. The molecule has 0 aromatic carbocycles. The Labute approximate surface area is 104 Å². The topological polar surface area (TPSA) is 37.4 Å². The van der Waals surface area contributed by atoms with E-state index in [0.29, 0.717) is 0 Å². The molecular formula is C11H16BrN3O. The number of halogens is 1. The van der Waals surface area contributed by atoms with Crippen LogP contribution in [0.15, 0.2) is 16.9 Å². The number of rotatable bonds is 2. The van der Waals surface area contributed by atoms with Crippen molar-refractivity contribution in [3.8, 4) is 5.75 Å². The zero-order chi connectivity index (χ0) is 11.4. The maximum Gasteiger partial charge on any atom is 0.153 e. The van der Waals surface area contributed by atoms with E-state index in [0.717, 1.165) is 42.2 Å². The summed E-state index contributed by atoms with van der Waals surface area (Å²) in [5.41, 5.74) is 1.13. The van der Waals surface area contributed by atoms with E-state index in [4.69, 9.17) is 4.74 Å². The molecule has 0 atom stereocenters. The van der Waals surface area contributed by atoms with E-state index in [9.17, 15) is 0 Å². The van der Waals surface area contributed by atoms with Crippen LogP contribution in [0.4, 0.5) is 5.69 Å². The minimum atomic E-state index is 0.756. The summed E-state index contributed by atoms with van der Waals surface area (Å²) < 4.78 is 6.01. The third-order valence-corrected chi connectivity index (χ3v) is 3.31. The van der Waals surface area contributed by atoms with Gasteiger partial charge in [0.1, 0.15) is 4.60 Å². The molecule has 1 N–H and O–H groups in total. The standard InChI is InChI=1S/C11H16BrN3O/c1-16-10-7-9(8-14-11(10)12)15-5-2-3-13-4-6-15/h7-8,13H,2-6H2,1H3. The summed E-state index contributed by atoms with van der Waals surface area (Å²) in [4.78, 5) is 6.62. The lowest BCUT2D eigenvalue weighted by Crippen LogP contribution is -2.27. The number of aromatic nitrogens is 1. The molecule has 4 nitrogen and oxygen atoms in total. The van der Waals surface area contributed by atoms with Gasteiger partial charge in [-0.3, -0.25) is 0 Å². The minimum absolute atomic E-state index is 0.756. The van der Waals surface area contributed by atoms with Crippen molar-refractivity contribution in [2.45, 2.75) is 6.42 Å². The van der Waals surface area contributed by atoms with Crippen molar-refractivity contribution < 1.29 is 4.74 Å². The molecule has 0 radical (unpaired) electrons. The van der Waals surface area contributed by atoms with Crippen molar-refractivity contribution in [2.75, 3.05) is 38.2 Å². The Morgan fingerprint density at radius 1 is 1.44 bits per heavy atom. The first kappa shape index (κ1) is 11.7. The summed E-state index contributed by atoms with van der Waals surface area (Å²) in [7, 11) is 1.66. The summed E-state index contributed by atoms with van der Waals surface area (Å²) in [5, 5.41) is 3.38. The molecular weight excluding hydrogens is 270 g/mol. The quantitative estimate of drug-likeness (QED) is 0.839. The van der Waals surface area contributed by atoms with Crippen LogP contribution in [-0.2, 0) is 0 Å². The van der Waals surface area contributed by atoms with Crippen LogP contribution in [0.3, 0.4) is 0 Å². The third-order valence-electron chi connectivity index (χ3n) is 2.72. The molecule has 16 heavy (non-hydrogen) atoms. The Bertz CT molecular complexity index is 351. The van der Waals surface area contributed by atoms with Gasteiger partial charge in [0.05, 0.1) is 19.0 Å². The molecule has 88 valence electrons. The maximum atomic E-state index is 5.26. The van der Waals surface area contributed by atoms with Crippen molar-refractivity contribution in [1.82, 2.24) is 10.3 Å². The van der Waals surface area contributed by atoms with Crippen LogP contribution in [0, 0.1) is 0 Å². The van der Waals surface area contributed by atoms with Crippen molar-refractivity contribution in [2.24, 2.45) is 0 Å². The number of methoxy groups -OCH3 is 1. The molecule has 2 rings (SSSR count). The van der Waals surface area contributed by atoms with Crippen LogP contribution in [0.2, 0.25) is 0 Å². The molecule has 1 saturated heterocycles. The molecule has 0 spiro atoms. The lowest BCUT2D eigenvalue weighted by molar-refractivity contribution is 0.409. The molecule has 1 aromatic heterocycles. The predicted molar refractivity (Wildman–Crippen MR) is 68.2 cm³/mol. The Hall–Kier alpha value is -0.810. The van der Waals surface area contributed by atoms with Crippen molar-refractivity contribution in [1.29, 1.82) is 0 Å². The zero-order valence-electron chi connectivity index (χ0n) is 9.37. The van der Waals surface area contributed by atoms with Gasteiger partial charge in [0.2, 0.25) is 0 Å². The van der Waals surface area contributed by atoms with E-state index in [1.54, 1.807) is 7.11 Å². The Kier molecular flexibility index (Phi) is 4.01. The van der Waals surface area contributed by atoms with Gasteiger partial charge in [0, 0.05) is 25.7 Å². The highest BCUT2D eigenvalue weighted by Crippen LogP contribution is 2.27. The van der Waals surface area contributed by atoms with Gasteiger partial charge in [-0.05, 0) is 28.9 Å². The molecule has 1 aliphatic heterocycles. The van der Waals surface area contributed by atoms with Gasteiger partial charge in [-0.1, -0.05) is 0 Å². The largest absolute Gasteiger partial charge is 0.494 e. The second kappa shape index (κ2) is 5.50. The first-order valence-electron chi connectivity index (χ1n) is 5.46. The second-order valence-electron chi connectivity index (χ2n) is 3.78. The number of pyridine rings is 1. The van der Waals surface area contributed by atoms with Gasteiger partial charge in [0.15, 0.2) is 5.75 Å². The average molecular weight is 286 g/mol. The van der Waals surface area contributed by atoms with Gasteiger partial charge in [-0.2, -0.15) is 0 Å². The maximum absolute atomic E-state index is 5.26. The number of nitrogens with zero attached hydrogens (tertiary/aromatic N) is 2. The number of anilines is 1. The first-order valence-corrected chi connectivity index (χ1v) is 6.26. The number of ether oxygens (including phenoxy) is 1. The monoisotopic (exact) mass is 285 g/mol. The second-order valence-corrected chi connectivity index (χ2v) is 4.53. The van der Waals surface area contributed by atoms with Gasteiger partial charge in [-0.25, -0.2) is 4.98 Å². The van der Waals surface area contributed by atoms with E-state index in [1.165, 1.54) is 6.42 Å². The normalized spacial score (nSPS) is 17.0. The minimum Gasteiger partial charge on any atom is -0.494 e. The summed E-state index contributed by atoms with van der Waals surface area (Å²) in [6.45, 7) is 4.21. The molecule has 1 aliphatic rings. The van der Waals surface area contributed by atoms with Crippen LogP contribution in [-0.4, -0.2) is 38.3 Å². The fourth-order valence-corrected chi connectivity index (χ4v) is 2.22. The van der Waals surface area contributed by atoms with Gasteiger partial charge in [-0.15, -0.1) is 0 Å². The van der Waals surface area contributed by atoms with E-state index in [2.05, 4.69) is 31.1 Å². The predicted octanol–water partition coefficient (Wildman–Crippen LogP) is 1.65. The van der Waals surface area contributed by atoms with E-state index >= 15 is 0 Å². The van der Waals surface area contributed by atoms with Gasteiger partial charge >= 0.3 is 0 Å². The lowest BCUT2D eigenvalue weighted by Gasteiger charge is -2.22. The van der Waals surface area contributed by atoms with Crippen LogP contribution >= 0.6 is 15.9 Å². The summed E-state index contributed by atoms with van der Waals surface area (Å²) in [5.74, 6) is 0.787. The number of hydrogen-bond donors (Lipinski definition) is 1. The fraction of sp³-hybridized carbons (Fsp3) is 0.545. The summed E-state index contributed by atoms with van der Waals surface area (Å²) in [6, 6.07) is 2.03. The third kappa shape index (κ3) is 2.65. The first-order chi connectivity index (χ1) is 7.81. The molecule has 0 bridgehead atoms. The fourth-order valence-electron chi connectivity index (χ4n) is 1.84. The highest BCUT2D eigenvalue weighted by molar-refractivity contribution is 9.10. The van der Waals surface area contributed by atoms with Crippen LogP contribution in [0.5, 0.6) is 5.75 Å². The molecule has 0 saturated carbocycles. The molecule has 1 fully saturated rings. The highest BCUT2D eigenvalue weighted by Gasteiger charge is 2.11. The average Bonchev–Trinajstić information content (AvgIpc) is 2.58. The summed E-state index contributed by atoms with van der Waals surface area (Å²) in [6.07, 6.45) is 3.05. The Morgan fingerprint density at radius 3 is 3.12 bits per heavy atom. The molecule has 0 aliphatic carbocycles. The lowest BCUT2D eigenvalue weighted by atomic mass is 10.3. The highest BCUT2D eigenvalue weighted by atomic mass is 79.9. The van der Waals surface area contributed by atoms with Gasteiger partial charge in [0.25, 0.3) is 0 Å². The summed E-state index contributed by atoms with van der Waals surface area (Å²) >= 11 is 3.36. The Balaban J connectivity index is 2.18. The van der Waals surface area contributed by atoms with Crippen LogP contribution in [0.25, 0.3) is 0 Å². The van der Waals surface area contributed by atoms with Crippen molar-refractivity contribution >= 4 is 21.6 Å². The van der Waals surface area contributed by atoms with E-state index in [1.807, 2.05) is 12.3 Å². The smallest absolute Gasteiger partial charge is 0.153 e. The zero-order valence-corrected chi connectivity index (χ0v) is 11.0. The molecule has 5 heteroatoms. The molecule has 2 heterocycles.